The molecule has 0 aliphatic heterocycles. The molecule has 0 aliphatic rings. The summed E-state index contributed by atoms with van der Waals surface area (Å²) >= 11 is 6.13. The standard InChI is InChI=1S/C21H17ClO2/c1-14-12-18(13-15(2)21(14)22)24-20(23)11-10-17-8-5-7-16-6-3-4-9-19(16)17/h3-13H,1-2H3/b11-10+. The Hall–Kier alpha value is -2.58. The molecule has 3 rings (SSSR count). The van der Waals surface area contributed by atoms with Crippen LogP contribution in [-0.2, 0) is 4.79 Å². The molecule has 0 N–H and O–H groups in total. The zero-order valence-corrected chi connectivity index (χ0v) is 14.3. The molecule has 0 bridgehead atoms. The third-order valence-corrected chi connectivity index (χ3v) is 4.45. The number of esters is 1. The smallest absolute Gasteiger partial charge is 0.336 e. The van der Waals surface area contributed by atoms with Crippen molar-refractivity contribution in [3.63, 3.8) is 0 Å². The number of fused-ring (bicyclic) bond motifs is 1. The van der Waals surface area contributed by atoms with E-state index < -0.39 is 5.97 Å². The number of benzene rings is 3. The Morgan fingerprint density at radius 3 is 2.42 bits per heavy atom. The molecule has 0 saturated carbocycles. The minimum Gasteiger partial charge on any atom is -0.423 e. The van der Waals surface area contributed by atoms with Crippen molar-refractivity contribution in [2.24, 2.45) is 0 Å². The fourth-order valence-corrected chi connectivity index (χ4v) is 2.78. The number of halogens is 1. The summed E-state index contributed by atoms with van der Waals surface area (Å²) < 4.78 is 5.38. The van der Waals surface area contributed by atoms with Crippen LogP contribution in [-0.4, -0.2) is 5.97 Å². The van der Waals surface area contributed by atoms with Gasteiger partial charge in [-0.2, -0.15) is 0 Å². The highest BCUT2D eigenvalue weighted by Gasteiger charge is 2.06. The van der Waals surface area contributed by atoms with E-state index >= 15 is 0 Å². The normalized spacial score (nSPS) is 11.1. The van der Waals surface area contributed by atoms with Gasteiger partial charge in [-0.05, 0) is 59.5 Å². The lowest BCUT2D eigenvalue weighted by molar-refractivity contribution is -0.128. The van der Waals surface area contributed by atoms with Crippen molar-refractivity contribution in [1.29, 1.82) is 0 Å². The summed E-state index contributed by atoms with van der Waals surface area (Å²) in [5.74, 6) is 0.0889. The Labute approximate surface area is 146 Å². The van der Waals surface area contributed by atoms with Gasteiger partial charge in [-0.3, -0.25) is 0 Å². The first kappa shape index (κ1) is 16.3. The van der Waals surface area contributed by atoms with Crippen LogP contribution in [0.4, 0.5) is 0 Å². The predicted molar refractivity (Wildman–Crippen MR) is 99.5 cm³/mol. The van der Waals surface area contributed by atoms with Crippen LogP contribution in [0.25, 0.3) is 16.8 Å². The van der Waals surface area contributed by atoms with Gasteiger partial charge in [0.15, 0.2) is 0 Å². The van der Waals surface area contributed by atoms with Crippen LogP contribution >= 0.6 is 11.6 Å². The van der Waals surface area contributed by atoms with E-state index in [1.54, 1.807) is 18.2 Å². The fourth-order valence-electron chi connectivity index (χ4n) is 2.67. The maximum Gasteiger partial charge on any atom is 0.336 e. The fraction of sp³-hybridized carbons (Fsp3) is 0.0952. The molecule has 3 aromatic carbocycles. The van der Waals surface area contributed by atoms with Crippen LogP contribution in [0.1, 0.15) is 16.7 Å². The zero-order chi connectivity index (χ0) is 17.1. The van der Waals surface area contributed by atoms with E-state index in [9.17, 15) is 4.79 Å². The van der Waals surface area contributed by atoms with Crippen molar-refractivity contribution >= 4 is 34.4 Å². The van der Waals surface area contributed by atoms with Crippen LogP contribution in [0.2, 0.25) is 5.02 Å². The van der Waals surface area contributed by atoms with Crippen molar-refractivity contribution in [3.8, 4) is 5.75 Å². The molecule has 3 heteroatoms. The van der Waals surface area contributed by atoms with E-state index in [1.165, 1.54) is 6.08 Å². The third kappa shape index (κ3) is 3.50. The summed E-state index contributed by atoms with van der Waals surface area (Å²) in [6, 6.07) is 17.6. The first-order valence-electron chi connectivity index (χ1n) is 7.69. The van der Waals surface area contributed by atoms with Gasteiger partial charge in [0.2, 0.25) is 0 Å². The molecule has 2 nitrogen and oxygen atoms in total. The van der Waals surface area contributed by atoms with E-state index in [0.29, 0.717) is 10.8 Å². The lowest BCUT2D eigenvalue weighted by Gasteiger charge is -2.07. The second-order valence-corrected chi connectivity index (χ2v) is 6.07. The summed E-state index contributed by atoms with van der Waals surface area (Å²) in [6.45, 7) is 3.78. The molecule has 0 saturated heterocycles. The molecular formula is C21H17ClO2. The van der Waals surface area contributed by atoms with Gasteiger partial charge in [0, 0.05) is 11.1 Å². The van der Waals surface area contributed by atoms with Gasteiger partial charge in [0.05, 0.1) is 0 Å². The Morgan fingerprint density at radius 1 is 1.00 bits per heavy atom. The Bertz CT molecular complexity index is 913. The molecule has 3 aromatic rings. The van der Waals surface area contributed by atoms with Gasteiger partial charge in [-0.1, -0.05) is 54.1 Å². The number of hydrogen-bond donors (Lipinski definition) is 0. The summed E-state index contributed by atoms with van der Waals surface area (Å²) in [5.41, 5.74) is 2.75. The zero-order valence-electron chi connectivity index (χ0n) is 13.5. The molecule has 0 radical (unpaired) electrons. The molecule has 24 heavy (non-hydrogen) atoms. The number of carbonyl (C=O) groups is 1. The molecule has 0 heterocycles. The van der Waals surface area contributed by atoms with Crippen LogP contribution < -0.4 is 4.74 Å². The van der Waals surface area contributed by atoms with E-state index in [1.807, 2.05) is 56.3 Å². The average Bonchev–Trinajstić information content (AvgIpc) is 2.57. The quantitative estimate of drug-likeness (QED) is 0.347. The minimum atomic E-state index is -0.413. The SMILES string of the molecule is Cc1cc(OC(=O)/C=C/c2cccc3ccccc23)cc(C)c1Cl. The van der Waals surface area contributed by atoms with Gasteiger partial charge in [0.25, 0.3) is 0 Å². The molecule has 0 spiro atoms. The van der Waals surface area contributed by atoms with Crippen LogP contribution in [0.3, 0.4) is 0 Å². The number of ether oxygens (including phenoxy) is 1. The van der Waals surface area contributed by atoms with Crippen molar-refractivity contribution in [1.82, 2.24) is 0 Å². The van der Waals surface area contributed by atoms with Crippen LogP contribution in [0.5, 0.6) is 5.75 Å². The number of hydrogen-bond acceptors (Lipinski definition) is 2. The molecule has 0 fully saturated rings. The van der Waals surface area contributed by atoms with E-state index in [4.69, 9.17) is 16.3 Å². The van der Waals surface area contributed by atoms with E-state index in [2.05, 4.69) is 0 Å². The molecule has 0 aromatic heterocycles. The van der Waals surface area contributed by atoms with Crippen molar-refractivity contribution in [2.75, 3.05) is 0 Å². The Balaban J connectivity index is 1.80. The molecular weight excluding hydrogens is 320 g/mol. The first-order valence-corrected chi connectivity index (χ1v) is 8.07. The van der Waals surface area contributed by atoms with Crippen molar-refractivity contribution in [3.05, 3.63) is 82.4 Å². The Morgan fingerprint density at radius 2 is 1.67 bits per heavy atom. The van der Waals surface area contributed by atoms with Gasteiger partial charge >= 0.3 is 5.97 Å². The maximum absolute atomic E-state index is 12.1. The summed E-state index contributed by atoms with van der Waals surface area (Å²) in [6.07, 6.45) is 3.22. The molecule has 0 aliphatic carbocycles. The minimum absolute atomic E-state index is 0.413. The van der Waals surface area contributed by atoms with Crippen molar-refractivity contribution in [2.45, 2.75) is 13.8 Å². The summed E-state index contributed by atoms with van der Waals surface area (Å²) in [5, 5.41) is 2.93. The van der Waals surface area contributed by atoms with Gasteiger partial charge in [-0.15, -0.1) is 0 Å². The molecule has 0 atom stereocenters. The topological polar surface area (TPSA) is 26.3 Å². The molecule has 0 amide bonds. The Kier molecular flexibility index (Phi) is 4.68. The predicted octanol–water partition coefficient (Wildman–Crippen LogP) is 5.73. The maximum atomic E-state index is 12.1. The first-order chi connectivity index (χ1) is 11.5. The summed E-state index contributed by atoms with van der Waals surface area (Å²) in [7, 11) is 0. The summed E-state index contributed by atoms with van der Waals surface area (Å²) in [4.78, 5) is 12.1. The number of carbonyl (C=O) groups excluding carboxylic acids is 1. The van der Waals surface area contributed by atoms with Gasteiger partial charge in [-0.25, -0.2) is 4.79 Å². The van der Waals surface area contributed by atoms with Gasteiger partial charge in [0.1, 0.15) is 5.75 Å². The lowest BCUT2D eigenvalue weighted by Crippen LogP contribution is -2.04. The van der Waals surface area contributed by atoms with E-state index in [0.717, 1.165) is 27.5 Å². The van der Waals surface area contributed by atoms with Crippen LogP contribution in [0.15, 0.2) is 60.7 Å². The molecule has 0 unspecified atom stereocenters. The highest BCUT2D eigenvalue weighted by atomic mass is 35.5. The van der Waals surface area contributed by atoms with Gasteiger partial charge < -0.3 is 4.74 Å². The lowest BCUT2D eigenvalue weighted by atomic mass is 10.0. The average molecular weight is 337 g/mol. The van der Waals surface area contributed by atoms with Crippen LogP contribution in [0, 0.1) is 13.8 Å². The van der Waals surface area contributed by atoms with Crippen molar-refractivity contribution < 1.29 is 9.53 Å². The largest absolute Gasteiger partial charge is 0.423 e. The van der Waals surface area contributed by atoms with E-state index in [-0.39, 0.29) is 0 Å². The third-order valence-electron chi connectivity index (χ3n) is 3.85. The highest BCUT2D eigenvalue weighted by molar-refractivity contribution is 6.32. The highest BCUT2D eigenvalue weighted by Crippen LogP contribution is 2.26. The monoisotopic (exact) mass is 336 g/mol. The second kappa shape index (κ2) is 6.90. The second-order valence-electron chi connectivity index (χ2n) is 5.69. The number of aryl methyl sites for hydroxylation is 2. The number of rotatable bonds is 3. The molecule has 120 valence electrons.